The van der Waals surface area contributed by atoms with Gasteiger partial charge in [0.15, 0.2) is 0 Å². The van der Waals surface area contributed by atoms with Crippen LogP contribution < -0.4 is 5.32 Å². The Balaban J connectivity index is 1.72. The van der Waals surface area contributed by atoms with Crippen LogP contribution in [0.4, 0.5) is 0 Å². The van der Waals surface area contributed by atoms with Crippen molar-refractivity contribution in [2.24, 2.45) is 0 Å². The van der Waals surface area contributed by atoms with Crippen LogP contribution in [0.1, 0.15) is 29.8 Å². The highest BCUT2D eigenvalue weighted by molar-refractivity contribution is 6.05. The molecule has 3 aromatic rings. The zero-order chi connectivity index (χ0) is 18.4. The van der Waals surface area contributed by atoms with Gasteiger partial charge in [-0.2, -0.15) is 5.10 Å². The molecule has 1 amide bonds. The Kier molecular flexibility index (Phi) is 6.02. The molecule has 1 atom stereocenters. The molecule has 1 heterocycles. The van der Waals surface area contributed by atoms with E-state index in [1.54, 1.807) is 6.20 Å². The van der Waals surface area contributed by atoms with Gasteiger partial charge < -0.3 is 5.32 Å². The molecular formula is C21H26N4O. The summed E-state index contributed by atoms with van der Waals surface area (Å²) in [6.07, 6.45) is 2.65. The molecule has 5 nitrogen and oxygen atoms in total. The Hall–Kier alpha value is -2.66. The lowest BCUT2D eigenvalue weighted by Gasteiger charge is -2.30. The molecule has 0 bridgehead atoms. The number of para-hydroxylation sites is 1. The van der Waals surface area contributed by atoms with Crippen LogP contribution in [-0.2, 0) is 6.42 Å². The van der Waals surface area contributed by atoms with E-state index in [0.29, 0.717) is 12.1 Å². The van der Waals surface area contributed by atoms with Crippen molar-refractivity contribution in [1.29, 1.82) is 0 Å². The van der Waals surface area contributed by atoms with Gasteiger partial charge >= 0.3 is 0 Å². The standard InChI is InChI=1S/C21H26N4O/c1-3-25(4-2)18(13-16-9-6-5-7-10-16)15-22-21(26)19-12-8-11-17-14-23-24-20(17)19/h5-12,14,18H,3-4,13,15H2,1-2H3,(H,22,26)(H,23,24). The highest BCUT2D eigenvalue weighted by Crippen LogP contribution is 2.16. The maximum absolute atomic E-state index is 12.7. The van der Waals surface area contributed by atoms with Crippen LogP contribution in [0.15, 0.2) is 54.7 Å². The second-order valence-electron chi connectivity index (χ2n) is 6.41. The summed E-state index contributed by atoms with van der Waals surface area (Å²) in [6.45, 7) is 6.85. The first-order chi connectivity index (χ1) is 12.7. The van der Waals surface area contributed by atoms with Gasteiger partial charge in [-0.05, 0) is 31.1 Å². The van der Waals surface area contributed by atoms with Crippen molar-refractivity contribution in [3.8, 4) is 0 Å². The molecule has 0 spiro atoms. The molecule has 1 unspecified atom stereocenters. The lowest BCUT2D eigenvalue weighted by atomic mass is 10.0. The van der Waals surface area contributed by atoms with Crippen molar-refractivity contribution < 1.29 is 4.79 Å². The number of nitrogens with one attached hydrogen (secondary N) is 2. The summed E-state index contributed by atoms with van der Waals surface area (Å²) in [7, 11) is 0. The Morgan fingerprint density at radius 2 is 1.88 bits per heavy atom. The minimum absolute atomic E-state index is 0.0648. The summed E-state index contributed by atoms with van der Waals surface area (Å²) in [4.78, 5) is 15.1. The number of aromatic nitrogens is 2. The van der Waals surface area contributed by atoms with E-state index >= 15 is 0 Å². The smallest absolute Gasteiger partial charge is 0.253 e. The molecule has 0 aliphatic rings. The molecule has 0 aliphatic carbocycles. The largest absolute Gasteiger partial charge is 0.350 e. The molecule has 0 aliphatic heterocycles. The van der Waals surface area contributed by atoms with Gasteiger partial charge in [0, 0.05) is 18.0 Å². The number of rotatable bonds is 8. The topological polar surface area (TPSA) is 61.0 Å². The zero-order valence-electron chi connectivity index (χ0n) is 15.4. The number of amides is 1. The second-order valence-corrected chi connectivity index (χ2v) is 6.41. The van der Waals surface area contributed by atoms with E-state index in [4.69, 9.17) is 0 Å². The molecule has 136 valence electrons. The number of H-pyrrole nitrogens is 1. The maximum Gasteiger partial charge on any atom is 0.253 e. The summed E-state index contributed by atoms with van der Waals surface area (Å²) in [5.74, 6) is -0.0648. The van der Waals surface area contributed by atoms with Crippen LogP contribution in [0.2, 0.25) is 0 Å². The fourth-order valence-corrected chi connectivity index (χ4v) is 3.42. The van der Waals surface area contributed by atoms with E-state index in [2.05, 4.69) is 58.5 Å². The normalized spacial score (nSPS) is 12.4. The fourth-order valence-electron chi connectivity index (χ4n) is 3.42. The zero-order valence-corrected chi connectivity index (χ0v) is 15.4. The summed E-state index contributed by atoms with van der Waals surface area (Å²) >= 11 is 0. The molecule has 0 fully saturated rings. The number of hydrogen-bond acceptors (Lipinski definition) is 3. The third-order valence-electron chi connectivity index (χ3n) is 4.86. The van der Waals surface area contributed by atoms with Crippen molar-refractivity contribution in [3.63, 3.8) is 0 Å². The summed E-state index contributed by atoms with van der Waals surface area (Å²) in [5.41, 5.74) is 2.71. The van der Waals surface area contributed by atoms with Crippen LogP contribution in [-0.4, -0.2) is 46.7 Å². The predicted octanol–water partition coefficient (Wildman–Crippen LogP) is 3.25. The summed E-state index contributed by atoms with van der Waals surface area (Å²) in [6, 6.07) is 16.4. The monoisotopic (exact) mass is 350 g/mol. The average molecular weight is 350 g/mol. The first-order valence-electron chi connectivity index (χ1n) is 9.21. The first kappa shape index (κ1) is 18.1. The lowest BCUT2D eigenvalue weighted by molar-refractivity contribution is 0.0936. The SMILES string of the molecule is CCN(CC)C(CNC(=O)c1cccc2cn[nH]c12)Cc1ccccc1. The Morgan fingerprint density at radius 1 is 1.12 bits per heavy atom. The predicted molar refractivity (Wildman–Crippen MR) is 105 cm³/mol. The van der Waals surface area contributed by atoms with Crippen molar-refractivity contribution in [2.45, 2.75) is 26.3 Å². The van der Waals surface area contributed by atoms with Crippen LogP contribution in [0, 0.1) is 0 Å². The van der Waals surface area contributed by atoms with Gasteiger partial charge in [-0.15, -0.1) is 0 Å². The molecule has 2 aromatic carbocycles. The average Bonchev–Trinajstić information content (AvgIpc) is 3.16. The fraction of sp³-hybridized carbons (Fsp3) is 0.333. The van der Waals surface area contributed by atoms with E-state index in [9.17, 15) is 4.79 Å². The van der Waals surface area contributed by atoms with Gasteiger partial charge in [0.1, 0.15) is 0 Å². The Morgan fingerprint density at radius 3 is 2.62 bits per heavy atom. The van der Waals surface area contributed by atoms with Crippen molar-refractivity contribution in [3.05, 3.63) is 65.9 Å². The number of benzene rings is 2. The molecule has 1 aromatic heterocycles. The number of fused-ring (bicyclic) bond motifs is 1. The lowest BCUT2D eigenvalue weighted by Crippen LogP contribution is -2.45. The van der Waals surface area contributed by atoms with Gasteiger partial charge in [-0.1, -0.05) is 56.3 Å². The number of carbonyl (C=O) groups is 1. The van der Waals surface area contributed by atoms with E-state index in [-0.39, 0.29) is 11.9 Å². The number of carbonyl (C=O) groups excluding carboxylic acids is 1. The van der Waals surface area contributed by atoms with Gasteiger partial charge in [0.2, 0.25) is 0 Å². The highest BCUT2D eigenvalue weighted by Gasteiger charge is 2.19. The van der Waals surface area contributed by atoms with Crippen molar-refractivity contribution >= 4 is 16.8 Å². The van der Waals surface area contributed by atoms with E-state index in [0.717, 1.165) is 30.4 Å². The second kappa shape index (κ2) is 8.63. The minimum atomic E-state index is -0.0648. The number of aromatic amines is 1. The van der Waals surface area contributed by atoms with Gasteiger partial charge in [-0.25, -0.2) is 0 Å². The first-order valence-corrected chi connectivity index (χ1v) is 9.21. The maximum atomic E-state index is 12.7. The van der Waals surface area contributed by atoms with Gasteiger partial charge in [0.25, 0.3) is 5.91 Å². The van der Waals surface area contributed by atoms with Crippen LogP contribution >= 0.6 is 0 Å². The quantitative estimate of drug-likeness (QED) is 0.656. The molecule has 5 heteroatoms. The molecular weight excluding hydrogens is 324 g/mol. The number of hydrogen-bond donors (Lipinski definition) is 2. The Labute approximate surface area is 154 Å². The molecule has 26 heavy (non-hydrogen) atoms. The Bertz CT molecular complexity index is 839. The summed E-state index contributed by atoms with van der Waals surface area (Å²) < 4.78 is 0. The van der Waals surface area contributed by atoms with Crippen molar-refractivity contribution in [1.82, 2.24) is 20.4 Å². The van der Waals surface area contributed by atoms with Crippen LogP contribution in [0.3, 0.4) is 0 Å². The summed E-state index contributed by atoms with van der Waals surface area (Å²) in [5, 5.41) is 11.0. The third-order valence-corrected chi connectivity index (χ3v) is 4.86. The van der Waals surface area contributed by atoms with Gasteiger partial charge in [0.05, 0.1) is 17.3 Å². The number of nitrogens with zero attached hydrogens (tertiary/aromatic N) is 2. The number of likely N-dealkylation sites (N-methyl/N-ethyl adjacent to an activating group) is 1. The van der Waals surface area contributed by atoms with E-state index < -0.39 is 0 Å². The van der Waals surface area contributed by atoms with E-state index in [1.807, 2.05) is 24.3 Å². The molecule has 0 saturated carbocycles. The van der Waals surface area contributed by atoms with E-state index in [1.165, 1.54) is 5.56 Å². The molecule has 0 radical (unpaired) electrons. The van der Waals surface area contributed by atoms with Gasteiger partial charge in [-0.3, -0.25) is 14.8 Å². The third kappa shape index (κ3) is 4.11. The van der Waals surface area contributed by atoms with Crippen LogP contribution in [0.5, 0.6) is 0 Å². The highest BCUT2D eigenvalue weighted by atomic mass is 16.1. The van der Waals surface area contributed by atoms with Crippen molar-refractivity contribution in [2.75, 3.05) is 19.6 Å². The molecule has 3 rings (SSSR count). The molecule has 2 N–H and O–H groups in total. The molecule has 0 saturated heterocycles. The minimum Gasteiger partial charge on any atom is -0.350 e. The van der Waals surface area contributed by atoms with Crippen LogP contribution in [0.25, 0.3) is 10.9 Å².